The van der Waals surface area contributed by atoms with Gasteiger partial charge in [0, 0.05) is 27.5 Å². The topological polar surface area (TPSA) is 51.8 Å². The zero-order valence-electron chi connectivity index (χ0n) is 35.3. The summed E-state index contributed by atoms with van der Waals surface area (Å²) in [4.78, 5) is 15.5. The third-order valence-corrected chi connectivity index (χ3v) is 12.3. The second-order valence-corrected chi connectivity index (χ2v) is 16.4. The molecular weight excluding hydrogens is 791 g/mol. The van der Waals surface area contributed by atoms with E-state index in [0.29, 0.717) is 17.5 Å². The normalized spacial score (nSPS) is 11.4. The summed E-state index contributed by atoms with van der Waals surface area (Å²) in [7, 11) is 0. The van der Waals surface area contributed by atoms with E-state index in [-0.39, 0.29) is 0 Å². The first kappa shape index (κ1) is 38.0. The fourth-order valence-corrected chi connectivity index (χ4v) is 9.05. The van der Waals surface area contributed by atoms with Crippen LogP contribution in [-0.4, -0.2) is 15.0 Å². The lowest BCUT2D eigenvalue weighted by molar-refractivity contribution is 0.669. The van der Waals surface area contributed by atoms with Gasteiger partial charge in [0.15, 0.2) is 17.5 Å². The average molecular weight is 830 g/mol. The largest absolute Gasteiger partial charge is 0.456 e. The molecule has 0 aliphatic heterocycles. The molecule has 10 aromatic carbocycles. The molecule has 0 aliphatic rings. The van der Waals surface area contributed by atoms with Crippen LogP contribution in [0.15, 0.2) is 241 Å². The summed E-state index contributed by atoms with van der Waals surface area (Å²) >= 11 is 0. The highest BCUT2D eigenvalue weighted by atomic mass is 16.3. The first-order chi connectivity index (χ1) is 32.2. The molecule has 0 atom stereocenters. The number of rotatable bonds is 8. The number of hydrogen-bond acceptors (Lipinski definition) is 4. The number of benzene rings is 10. The summed E-state index contributed by atoms with van der Waals surface area (Å²) in [5.41, 5.74) is 15.7. The van der Waals surface area contributed by atoms with Gasteiger partial charge in [0.25, 0.3) is 0 Å². The molecule has 0 bridgehead atoms. The van der Waals surface area contributed by atoms with Crippen LogP contribution in [0.4, 0.5) is 0 Å². The summed E-state index contributed by atoms with van der Waals surface area (Å²) < 4.78 is 6.72. The lowest BCUT2D eigenvalue weighted by Gasteiger charge is -2.14. The van der Waals surface area contributed by atoms with E-state index in [9.17, 15) is 0 Å². The fourth-order valence-electron chi connectivity index (χ4n) is 9.05. The third-order valence-electron chi connectivity index (χ3n) is 12.3. The van der Waals surface area contributed by atoms with E-state index < -0.39 is 0 Å². The summed E-state index contributed by atoms with van der Waals surface area (Å²) in [6, 6.07) is 83.0. The van der Waals surface area contributed by atoms with Gasteiger partial charge >= 0.3 is 0 Å². The molecule has 0 unspecified atom stereocenters. The van der Waals surface area contributed by atoms with E-state index in [1.807, 2.05) is 6.07 Å². The molecule has 0 aliphatic carbocycles. The molecule has 4 nitrogen and oxygen atoms in total. The van der Waals surface area contributed by atoms with Crippen LogP contribution in [0, 0.1) is 0 Å². The molecule has 4 heteroatoms. The highest BCUT2D eigenvalue weighted by Gasteiger charge is 2.19. The zero-order valence-corrected chi connectivity index (χ0v) is 35.3. The molecular formula is C61H39N3O. The fraction of sp³-hybridized carbons (Fsp3) is 0. The van der Waals surface area contributed by atoms with Crippen molar-refractivity contribution < 1.29 is 4.42 Å². The van der Waals surface area contributed by atoms with Gasteiger partial charge in [-0.1, -0.05) is 200 Å². The molecule has 2 heterocycles. The summed E-state index contributed by atoms with van der Waals surface area (Å²) in [5, 5.41) is 4.51. The van der Waals surface area contributed by atoms with E-state index in [4.69, 9.17) is 19.4 Å². The number of nitrogens with zero attached hydrogens (tertiary/aromatic N) is 3. The van der Waals surface area contributed by atoms with E-state index in [1.165, 1.54) is 21.9 Å². The quantitative estimate of drug-likeness (QED) is 0.153. The van der Waals surface area contributed by atoms with Crippen molar-refractivity contribution in [3.05, 3.63) is 237 Å². The van der Waals surface area contributed by atoms with Gasteiger partial charge in [-0.3, -0.25) is 0 Å². The van der Waals surface area contributed by atoms with Gasteiger partial charge in [0.05, 0.1) is 0 Å². The van der Waals surface area contributed by atoms with Gasteiger partial charge in [-0.2, -0.15) is 0 Å². The maximum absolute atomic E-state index is 6.72. The molecule has 304 valence electrons. The third kappa shape index (κ3) is 7.23. The van der Waals surface area contributed by atoms with Gasteiger partial charge in [-0.15, -0.1) is 0 Å². The van der Waals surface area contributed by atoms with Crippen LogP contribution in [0.25, 0.3) is 123 Å². The molecule has 65 heavy (non-hydrogen) atoms. The molecule has 0 fully saturated rings. The maximum Gasteiger partial charge on any atom is 0.164 e. The predicted octanol–water partition coefficient (Wildman–Crippen LogP) is 16.3. The smallest absolute Gasteiger partial charge is 0.164 e. The van der Waals surface area contributed by atoms with Crippen LogP contribution >= 0.6 is 0 Å². The van der Waals surface area contributed by atoms with Crippen molar-refractivity contribution in [2.24, 2.45) is 0 Å². The first-order valence-electron chi connectivity index (χ1n) is 21.9. The Labute approximate surface area is 376 Å². The Morgan fingerprint density at radius 2 is 0.738 bits per heavy atom. The Hall–Kier alpha value is -8.73. The summed E-state index contributed by atoms with van der Waals surface area (Å²) in [5.74, 6) is 1.76. The van der Waals surface area contributed by atoms with Crippen molar-refractivity contribution in [3.63, 3.8) is 0 Å². The van der Waals surface area contributed by atoms with Crippen molar-refractivity contribution in [1.29, 1.82) is 0 Å². The van der Waals surface area contributed by atoms with Crippen LogP contribution in [0.1, 0.15) is 0 Å². The van der Waals surface area contributed by atoms with Gasteiger partial charge < -0.3 is 4.42 Å². The standard InChI is InChI=1S/C61H39N3O/c1-4-14-40(15-5-1)43-26-29-45(30-27-43)59-62-60(50-23-12-22-47(37-50)48-31-28-42-18-10-11-21-46(42)36-48)64-61(63-59)51-33-35-54-57(39-51)65-56-25-13-24-53(58(54)56)52-34-32-49(41-16-6-2-7-17-41)38-55(52)44-19-8-3-9-20-44/h1-39H. The minimum atomic E-state index is 0.568. The first-order valence-corrected chi connectivity index (χ1v) is 21.9. The van der Waals surface area contributed by atoms with Crippen molar-refractivity contribution in [1.82, 2.24) is 15.0 Å². The van der Waals surface area contributed by atoms with Crippen molar-refractivity contribution in [2.45, 2.75) is 0 Å². The summed E-state index contributed by atoms with van der Waals surface area (Å²) in [6.07, 6.45) is 0. The number of hydrogen-bond donors (Lipinski definition) is 0. The Kier molecular flexibility index (Phi) is 9.46. The van der Waals surface area contributed by atoms with Gasteiger partial charge in [-0.05, 0) is 103 Å². The Bertz CT molecular complexity index is 3690. The minimum absolute atomic E-state index is 0.568. The summed E-state index contributed by atoms with van der Waals surface area (Å²) in [6.45, 7) is 0. The molecule has 2 aromatic heterocycles. The lowest BCUT2D eigenvalue weighted by Crippen LogP contribution is -2.00. The second-order valence-electron chi connectivity index (χ2n) is 16.4. The monoisotopic (exact) mass is 829 g/mol. The van der Waals surface area contributed by atoms with Crippen LogP contribution in [0.2, 0.25) is 0 Å². The van der Waals surface area contributed by atoms with Crippen molar-refractivity contribution >= 4 is 32.7 Å². The number of fused-ring (bicyclic) bond motifs is 4. The van der Waals surface area contributed by atoms with E-state index in [2.05, 4.69) is 231 Å². The Balaban J connectivity index is 0.984. The maximum atomic E-state index is 6.72. The molecule has 0 spiro atoms. The molecule has 0 N–H and O–H groups in total. The SMILES string of the molecule is c1ccc(-c2ccc(-c3nc(-c4cccc(-c5ccc6ccccc6c5)c4)nc(-c4ccc5c(c4)oc4cccc(-c6ccc(-c7ccccc7)cc6-c6ccccc6)c45)n3)cc2)cc1. The highest BCUT2D eigenvalue weighted by Crippen LogP contribution is 2.43. The van der Waals surface area contributed by atoms with E-state index >= 15 is 0 Å². The Morgan fingerprint density at radius 3 is 1.48 bits per heavy atom. The second kappa shape index (κ2) is 16.2. The van der Waals surface area contributed by atoms with E-state index in [1.54, 1.807) is 0 Å². The number of aromatic nitrogens is 3. The molecule has 0 radical (unpaired) electrons. The van der Waals surface area contributed by atoms with Crippen LogP contribution < -0.4 is 0 Å². The van der Waals surface area contributed by atoms with Gasteiger partial charge in [0.2, 0.25) is 0 Å². The van der Waals surface area contributed by atoms with E-state index in [0.717, 1.165) is 83.1 Å². The predicted molar refractivity (Wildman–Crippen MR) is 268 cm³/mol. The number of furan rings is 1. The molecule has 0 saturated heterocycles. The van der Waals surface area contributed by atoms with Crippen molar-refractivity contribution in [2.75, 3.05) is 0 Å². The highest BCUT2D eigenvalue weighted by molar-refractivity contribution is 6.14. The van der Waals surface area contributed by atoms with Gasteiger partial charge in [0.1, 0.15) is 11.2 Å². The van der Waals surface area contributed by atoms with Gasteiger partial charge in [-0.25, -0.2) is 15.0 Å². The lowest BCUT2D eigenvalue weighted by atomic mass is 9.89. The van der Waals surface area contributed by atoms with Crippen LogP contribution in [0.3, 0.4) is 0 Å². The van der Waals surface area contributed by atoms with Crippen molar-refractivity contribution in [3.8, 4) is 89.8 Å². The van der Waals surface area contributed by atoms with Crippen LogP contribution in [0.5, 0.6) is 0 Å². The van der Waals surface area contributed by atoms with Crippen LogP contribution in [-0.2, 0) is 0 Å². The molecule has 12 aromatic rings. The molecule has 0 amide bonds. The zero-order chi connectivity index (χ0) is 43.1. The molecule has 0 saturated carbocycles. The average Bonchev–Trinajstić information content (AvgIpc) is 3.77. The molecule has 12 rings (SSSR count). The minimum Gasteiger partial charge on any atom is -0.456 e. The Morgan fingerprint density at radius 1 is 0.246 bits per heavy atom.